The van der Waals surface area contributed by atoms with Crippen LogP contribution in [0.5, 0.6) is 0 Å². The van der Waals surface area contributed by atoms with Crippen LogP contribution in [0.15, 0.2) is 60.8 Å². The molecule has 1 unspecified atom stereocenters. The molecule has 0 N–H and O–H groups in total. The maximum Gasteiger partial charge on any atom is 0.306 e. The Morgan fingerprint density at radius 1 is 0.280 bits per heavy atom. The van der Waals surface area contributed by atoms with Gasteiger partial charge in [-0.3, -0.25) is 14.4 Å². The molecule has 0 radical (unpaired) electrons. The van der Waals surface area contributed by atoms with Gasteiger partial charge in [-0.2, -0.15) is 0 Å². The number of unbranched alkanes of at least 4 members (excludes halogenated alkanes) is 39. The van der Waals surface area contributed by atoms with Gasteiger partial charge in [0.2, 0.25) is 0 Å². The fourth-order valence-electron chi connectivity index (χ4n) is 9.61. The monoisotopic (exact) mass is 1050 g/mol. The van der Waals surface area contributed by atoms with Gasteiger partial charge in [0.05, 0.1) is 0 Å². The standard InChI is InChI=1S/C69H124O6/c1-4-7-10-13-15-17-19-21-23-25-27-29-30-31-32-33-34-35-36-37-38-40-41-43-45-47-49-51-53-56-59-62-68(71)74-65-66(64-73-67(70)61-58-55-12-9-6-3)75-69(72)63-60-57-54-52-50-48-46-44-42-39-28-26-24-22-20-18-16-14-11-8-5-2/h8,11,16,18,22,24-25,27-28,39,66H,4-7,9-10,12-15,17,19-21,23,26,29-38,40-65H2,1-3H3/b11-8-,18-16-,24-22-,27-25-,39-28-. The van der Waals surface area contributed by atoms with Crippen LogP contribution in [0.3, 0.4) is 0 Å². The third-order valence-corrected chi connectivity index (χ3v) is 14.5. The second-order valence-electron chi connectivity index (χ2n) is 22.0. The first-order valence-electron chi connectivity index (χ1n) is 32.8. The maximum atomic E-state index is 12.8. The van der Waals surface area contributed by atoms with Crippen molar-refractivity contribution < 1.29 is 28.6 Å². The van der Waals surface area contributed by atoms with Gasteiger partial charge in [-0.05, 0) is 83.5 Å². The van der Waals surface area contributed by atoms with Gasteiger partial charge in [0.1, 0.15) is 13.2 Å². The summed E-state index contributed by atoms with van der Waals surface area (Å²) in [6, 6.07) is 0. The summed E-state index contributed by atoms with van der Waals surface area (Å²) in [5.74, 6) is -0.882. The van der Waals surface area contributed by atoms with Crippen molar-refractivity contribution in [2.45, 2.75) is 348 Å². The van der Waals surface area contributed by atoms with Gasteiger partial charge in [-0.15, -0.1) is 0 Å². The minimum atomic E-state index is -0.774. The fraction of sp³-hybridized carbons (Fsp3) is 0.812. The van der Waals surface area contributed by atoms with Crippen LogP contribution < -0.4 is 0 Å². The van der Waals surface area contributed by atoms with Gasteiger partial charge in [0.15, 0.2) is 6.10 Å². The number of hydrogen-bond acceptors (Lipinski definition) is 6. The Kier molecular flexibility index (Phi) is 61.2. The summed E-state index contributed by atoms with van der Waals surface area (Å²) in [5.41, 5.74) is 0. The Hall–Kier alpha value is -2.89. The second kappa shape index (κ2) is 63.6. The highest BCUT2D eigenvalue weighted by Crippen LogP contribution is 2.17. The molecule has 6 nitrogen and oxygen atoms in total. The Balaban J connectivity index is 3.96. The molecule has 1 atom stereocenters. The molecule has 0 aromatic rings. The van der Waals surface area contributed by atoms with Crippen molar-refractivity contribution in [1.29, 1.82) is 0 Å². The van der Waals surface area contributed by atoms with Crippen LogP contribution in [0.2, 0.25) is 0 Å². The third-order valence-electron chi connectivity index (χ3n) is 14.5. The van der Waals surface area contributed by atoms with Crippen LogP contribution in [0.1, 0.15) is 342 Å². The van der Waals surface area contributed by atoms with E-state index in [0.29, 0.717) is 19.3 Å². The molecule has 0 aliphatic rings. The number of rotatable bonds is 60. The van der Waals surface area contributed by atoms with E-state index in [9.17, 15) is 14.4 Å². The molecule has 0 aliphatic carbocycles. The molecule has 0 saturated heterocycles. The average Bonchev–Trinajstić information content (AvgIpc) is 3.41. The molecular weight excluding hydrogens is 925 g/mol. The van der Waals surface area contributed by atoms with E-state index in [1.165, 1.54) is 205 Å². The van der Waals surface area contributed by atoms with Crippen LogP contribution >= 0.6 is 0 Å². The minimum Gasteiger partial charge on any atom is -0.462 e. The predicted molar refractivity (Wildman–Crippen MR) is 325 cm³/mol. The molecule has 0 heterocycles. The molecule has 436 valence electrons. The zero-order chi connectivity index (χ0) is 54.3. The second-order valence-corrected chi connectivity index (χ2v) is 22.0. The number of hydrogen-bond donors (Lipinski definition) is 0. The van der Waals surface area contributed by atoms with E-state index in [-0.39, 0.29) is 31.1 Å². The van der Waals surface area contributed by atoms with E-state index in [1.54, 1.807) is 0 Å². The van der Waals surface area contributed by atoms with Crippen molar-refractivity contribution in [3.05, 3.63) is 60.8 Å². The molecule has 75 heavy (non-hydrogen) atoms. The van der Waals surface area contributed by atoms with Gasteiger partial charge in [0, 0.05) is 19.3 Å². The van der Waals surface area contributed by atoms with Crippen LogP contribution in [0, 0.1) is 0 Å². The largest absolute Gasteiger partial charge is 0.462 e. The molecule has 0 aromatic carbocycles. The Morgan fingerprint density at radius 3 is 0.827 bits per heavy atom. The molecular formula is C69H124O6. The Labute approximate surface area is 466 Å². The highest BCUT2D eigenvalue weighted by molar-refractivity contribution is 5.71. The van der Waals surface area contributed by atoms with Crippen molar-refractivity contribution in [2.24, 2.45) is 0 Å². The fourth-order valence-corrected chi connectivity index (χ4v) is 9.61. The summed E-state index contributed by atoms with van der Waals surface area (Å²) in [5, 5.41) is 0. The normalized spacial score (nSPS) is 12.4. The summed E-state index contributed by atoms with van der Waals surface area (Å²) >= 11 is 0. The van der Waals surface area contributed by atoms with Gasteiger partial charge >= 0.3 is 17.9 Å². The Bertz CT molecular complexity index is 1340. The molecule has 0 saturated carbocycles. The zero-order valence-corrected chi connectivity index (χ0v) is 50.1. The first-order chi connectivity index (χ1) is 37.0. The number of ether oxygens (including phenoxy) is 3. The molecule has 0 aromatic heterocycles. The topological polar surface area (TPSA) is 78.9 Å². The average molecular weight is 1050 g/mol. The molecule has 0 bridgehead atoms. The lowest BCUT2D eigenvalue weighted by atomic mass is 10.0. The summed E-state index contributed by atoms with van der Waals surface area (Å²) < 4.78 is 16.8. The summed E-state index contributed by atoms with van der Waals surface area (Å²) in [7, 11) is 0. The van der Waals surface area contributed by atoms with Crippen molar-refractivity contribution in [3.8, 4) is 0 Å². The van der Waals surface area contributed by atoms with Crippen LogP contribution in [0.4, 0.5) is 0 Å². The first-order valence-corrected chi connectivity index (χ1v) is 32.8. The van der Waals surface area contributed by atoms with Gasteiger partial charge in [-0.1, -0.05) is 300 Å². The van der Waals surface area contributed by atoms with E-state index in [0.717, 1.165) is 96.3 Å². The van der Waals surface area contributed by atoms with Gasteiger partial charge in [0.25, 0.3) is 0 Å². The highest BCUT2D eigenvalue weighted by atomic mass is 16.6. The molecule has 0 fully saturated rings. The smallest absolute Gasteiger partial charge is 0.306 e. The molecule has 0 amide bonds. The van der Waals surface area contributed by atoms with Crippen molar-refractivity contribution in [2.75, 3.05) is 13.2 Å². The number of allylic oxidation sites excluding steroid dienone is 10. The highest BCUT2D eigenvalue weighted by Gasteiger charge is 2.19. The summed E-state index contributed by atoms with van der Waals surface area (Å²) in [6.07, 6.45) is 81.5. The number of carbonyl (C=O) groups is 3. The van der Waals surface area contributed by atoms with Crippen LogP contribution in [0.25, 0.3) is 0 Å². The molecule has 0 rings (SSSR count). The SMILES string of the molecule is CC/C=C\C/C=C\C/C=C\C/C=C\CCCCCCCCCCC(=O)OC(COC(=O)CCCCCCC)COC(=O)CCCCCCCCCCCCCCCCCCCCC/C=C\CCCCCCCCCC. The lowest BCUT2D eigenvalue weighted by molar-refractivity contribution is -0.167. The Morgan fingerprint density at radius 2 is 0.520 bits per heavy atom. The third kappa shape index (κ3) is 61.8. The lowest BCUT2D eigenvalue weighted by Crippen LogP contribution is -2.30. The van der Waals surface area contributed by atoms with Crippen LogP contribution in [-0.2, 0) is 28.6 Å². The summed E-state index contributed by atoms with van der Waals surface area (Å²) in [6.45, 7) is 6.48. The predicted octanol–water partition coefficient (Wildman–Crippen LogP) is 22.3. The van der Waals surface area contributed by atoms with Gasteiger partial charge in [-0.25, -0.2) is 0 Å². The number of carbonyl (C=O) groups excluding carboxylic acids is 3. The summed E-state index contributed by atoms with van der Waals surface area (Å²) in [4.78, 5) is 37.9. The number of esters is 3. The van der Waals surface area contributed by atoms with Crippen molar-refractivity contribution in [1.82, 2.24) is 0 Å². The molecule has 6 heteroatoms. The molecule has 0 aliphatic heterocycles. The van der Waals surface area contributed by atoms with E-state index in [1.807, 2.05) is 0 Å². The quantitative estimate of drug-likeness (QED) is 0.0261. The van der Waals surface area contributed by atoms with E-state index >= 15 is 0 Å². The van der Waals surface area contributed by atoms with Crippen molar-refractivity contribution >= 4 is 17.9 Å². The van der Waals surface area contributed by atoms with Gasteiger partial charge < -0.3 is 14.2 Å². The molecule has 0 spiro atoms. The minimum absolute atomic E-state index is 0.0747. The maximum absolute atomic E-state index is 12.8. The van der Waals surface area contributed by atoms with Crippen molar-refractivity contribution in [3.63, 3.8) is 0 Å². The first kappa shape index (κ1) is 72.1. The van der Waals surface area contributed by atoms with Crippen LogP contribution in [-0.4, -0.2) is 37.2 Å². The zero-order valence-electron chi connectivity index (χ0n) is 50.1. The lowest BCUT2D eigenvalue weighted by Gasteiger charge is -2.18. The van der Waals surface area contributed by atoms with E-state index in [4.69, 9.17) is 14.2 Å². The van der Waals surface area contributed by atoms with E-state index in [2.05, 4.69) is 81.5 Å². The van der Waals surface area contributed by atoms with E-state index < -0.39 is 6.10 Å².